The van der Waals surface area contributed by atoms with E-state index in [2.05, 4.69) is 5.32 Å². The lowest BCUT2D eigenvalue weighted by Crippen LogP contribution is -2.22. The highest BCUT2D eigenvalue weighted by atomic mass is 16.6. The van der Waals surface area contributed by atoms with Crippen molar-refractivity contribution in [1.29, 1.82) is 0 Å². The van der Waals surface area contributed by atoms with Gasteiger partial charge in [0.2, 0.25) is 5.91 Å². The number of aromatic hydroxyl groups is 1. The van der Waals surface area contributed by atoms with E-state index in [-0.39, 0.29) is 28.9 Å². The van der Waals surface area contributed by atoms with Gasteiger partial charge in [-0.3, -0.25) is 14.9 Å². The molecule has 1 aliphatic rings. The monoisotopic (exact) mass is 278 g/mol. The molecule has 108 valence electrons. The third kappa shape index (κ3) is 3.26. The molecule has 6 nitrogen and oxygen atoms in total. The average molecular weight is 278 g/mol. The van der Waals surface area contributed by atoms with Crippen molar-refractivity contribution in [1.82, 2.24) is 0 Å². The smallest absolute Gasteiger partial charge is 0.296 e. The third-order valence-electron chi connectivity index (χ3n) is 3.69. The number of nitrogens with zero attached hydrogens (tertiary/aromatic N) is 1. The third-order valence-corrected chi connectivity index (χ3v) is 3.69. The molecule has 2 N–H and O–H groups in total. The molecule has 0 aromatic heterocycles. The van der Waals surface area contributed by atoms with Gasteiger partial charge in [-0.1, -0.05) is 31.7 Å². The Morgan fingerprint density at radius 2 is 1.90 bits per heavy atom. The fourth-order valence-electron chi connectivity index (χ4n) is 2.58. The minimum Gasteiger partial charge on any atom is -0.505 e. The number of carbonyl (C=O) groups is 1. The van der Waals surface area contributed by atoms with Crippen molar-refractivity contribution in [3.05, 3.63) is 28.3 Å². The Labute approximate surface area is 117 Å². The van der Waals surface area contributed by atoms with E-state index in [1.165, 1.54) is 18.2 Å². The molecule has 0 spiro atoms. The summed E-state index contributed by atoms with van der Waals surface area (Å²) in [5.41, 5.74) is -0.390. The van der Waals surface area contributed by atoms with E-state index < -0.39 is 4.92 Å². The number of nitro groups is 1. The van der Waals surface area contributed by atoms with E-state index in [1.54, 1.807) is 0 Å². The second-order valence-electron chi connectivity index (χ2n) is 5.11. The Hall–Kier alpha value is -2.11. The minimum absolute atomic E-state index is 0.105. The standard InChI is InChI=1S/C14H18N2O4/c17-12-9-5-8-11(16(19)20)13(12)15-14(18)10-6-3-1-2-4-7-10/h5,8-10,17H,1-4,6-7H2,(H,15,18). The molecule has 0 bridgehead atoms. The first-order chi connectivity index (χ1) is 9.59. The lowest BCUT2D eigenvalue weighted by atomic mass is 9.99. The molecule has 1 aliphatic carbocycles. The van der Waals surface area contributed by atoms with E-state index in [0.29, 0.717) is 0 Å². The highest BCUT2D eigenvalue weighted by Crippen LogP contribution is 2.34. The van der Waals surface area contributed by atoms with E-state index in [9.17, 15) is 20.0 Å². The van der Waals surface area contributed by atoms with Gasteiger partial charge >= 0.3 is 0 Å². The summed E-state index contributed by atoms with van der Waals surface area (Å²) in [5, 5.41) is 23.2. The van der Waals surface area contributed by atoms with Crippen LogP contribution in [0.3, 0.4) is 0 Å². The van der Waals surface area contributed by atoms with Gasteiger partial charge in [0.15, 0.2) is 5.69 Å². The highest BCUT2D eigenvalue weighted by molar-refractivity contribution is 5.96. The van der Waals surface area contributed by atoms with Gasteiger partial charge in [0, 0.05) is 12.0 Å². The molecule has 1 fully saturated rings. The number of hydrogen-bond acceptors (Lipinski definition) is 4. The van der Waals surface area contributed by atoms with Gasteiger partial charge in [0.05, 0.1) is 4.92 Å². The van der Waals surface area contributed by atoms with Crippen molar-refractivity contribution in [3.63, 3.8) is 0 Å². The number of hydrogen-bond donors (Lipinski definition) is 2. The molecule has 0 unspecified atom stereocenters. The molecule has 20 heavy (non-hydrogen) atoms. The summed E-state index contributed by atoms with van der Waals surface area (Å²) in [5.74, 6) is -0.644. The van der Waals surface area contributed by atoms with Crippen LogP contribution in [0, 0.1) is 16.0 Å². The number of phenols is 1. The fourth-order valence-corrected chi connectivity index (χ4v) is 2.58. The zero-order valence-corrected chi connectivity index (χ0v) is 11.2. The molecule has 1 aromatic carbocycles. The molecule has 0 saturated heterocycles. The molecular weight excluding hydrogens is 260 g/mol. The number of rotatable bonds is 3. The summed E-state index contributed by atoms with van der Waals surface area (Å²) in [7, 11) is 0. The van der Waals surface area contributed by atoms with Crippen LogP contribution >= 0.6 is 0 Å². The van der Waals surface area contributed by atoms with Crippen molar-refractivity contribution >= 4 is 17.3 Å². The summed E-state index contributed by atoms with van der Waals surface area (Å²) < 4.78 is 0. The average Bonchev–Trinajstić information content (AvgIpc) is 2.69. The zero-order chi connectivity index (χ0) is 14.5. The number of nitrogens with one attached hydrogen (secondary N) is 1. The number of anilines is 1. The van der Waals surface area contributed by atoms with Gasteiger partial charge < -0.3 is 10.4 Å². The Morgan fingerprint density at radius 1 is 1.25 bits per heavy atom. The number of amides is 1. The van der Waals surface area contributed by atoms with Gasteiger partial charge in [0.25, 0.3) is 5.69 Å². The minimum atomic E-state index is -0.609. The second kappa shape index (κ2) is 6.36. The lowest BCUT2D eigenvalue weighted by molar-refractivity contribution is -0.384. The van der Waals surface area contributed by atoms with Gasteiger partial charge in [0.1, 0.15) is 5.75 Å². The topological polar surface area (TPSA) is 92.5 Å². The molecule has 1 saturated carbocycles. The van der Waals surface area contributed by atoms with Crippen molar-refractivity contribution in [2.75, 3.05) is 5.32 Å². The van der Waals surface area contributed by atoms with E-state index >= 15 is 0 Å². The van der Waals surface area contributed by atoms with Gasteiger partial charge in [-0.25, -0.2) is 0 Å². The fraction of sp³-hybridized carbons (Fsp3) is 0.500. The summed E-state index contributed by atoms with van der Waals surface area (Å²) in [6, 6.07) is 3.98. The van der Waals surface area contributed by atoms with E-state index in [1.807, 2.05) is 0 Å². The summed E-state index contributed by atoms with van der Waals surface area (Å²) >= 11 is 0. The van der Waals surface area contributed by atoms with Crippen LogP contribution in [-0.4, -0.2) is 15.9 Å². The Balaban J connectivity index is 2.16. The first-order valence-electron chi connectivity index (χ1n) is 6.87. The van der Waals surface area contributed by atoms with Crippen LogP contribution in [0.25, 0.3) is 0 Å². The Kier molecular flexibility index (Phi) is 4.55. The van der Waals surface area contributed by atoms with Crippen LogP contribution in [0.2, 0.25) is 0 Å². The van der Waals surface area contributed by atoms with E-state index in [4.69, 9.17) is 0 Å². The van der Waals surface area contributed by atoms with Crippen LogP contribution in [0.1, 0.15) is 38.5 Å². The normalized spacial score (nSPS) is 16.4. The first kappa shape index (κ1) is 14.3. The largest absolute Gasteiger partial charge is 0.505 e. The van der Waals surface area contributed by atoms with Crippen LogP contribution in [0.4, 0.5) is 11.4 Å². The molecule has 0 atom stereocenters. The van der Waals surface area contributed by atoms with Crippen molar-refractivity contribution in [2.24, 2.45) is 5.92 Å². The SMILES string of the molecule is O=C(Nc1c(O)cccc1[N+](=O)[O-])C1CCCCCC1. The predicted molar refractivity (Wildman–Crippen MR) is 74.6 cm³/mol. The molecule has 0 aliphatic heterocycles. The first-order valence-corrected chi connectivity index (χ1v) is 6.87. The van der Waals surface area contributed by atoms with Crippen LogP contribution in [0.15, 0.2) is 18.2 Å². The Bertz CT molecular complexity index is 508. The predicted octanol–water partition coefficient (Wildman–Crippen LogP) is 3.21. The number of nitro benzene ring substituents is 1. The molecule has 0 heterocycles. The maximum atomic E-state index is 12.2. The van der Waals surface area contributed by atoms with Crippen molar-refractivity contribution in [3.8, 4) is 5.75 Å². The molecule has 6 heteroatoms. The highest BCUT2D eigenvalue weighted by Gasteiger charge is 2.24. The lowest BCUT2D eigenvalue weighted by Gasteiger charge is -2.14. The molecule has 0 radical (unpaired) electrons. The van der Waals surface area contributed by atoms with Crippen molar-refractivity contribution in [2.45, 2.75) is 38.5 Å². The van der Waals surface area contributed by atoms with Crippen LogP contribution < -0.4 is 5.32 Å². The molecule has 2 rings (SSSR count). The number of phenolic OH excluding ortho intramolecular Hbond substituents is 1. The number of para-hydroxylation sites is 1. The summed E-state index contributed by atoms with van der Waals surface area (Å²) in [6.45, 7) is 0. The van der Waals surface area contributed by atoms with Crippen LogP contribution in [0.5, 0.6) is 5.75 Å². The second-order valence-corrected chi connectivity index (χ2v) is 5.11. The van der Waals surface area contributed by atoms with E-state index in [0.717, 1.165) is 38.5 Å². The summed E-state index contributed by atoms with van der Waals surface area (Å²) in [6.07, 6.45) is 5.85. The van der Waals surface area contributed by atoms with Gasteiger partial charge in [-0.05, 0) is 18.9 Å². The molecule has 1 amide bonds. The quantitative estimate of drug-likeness (QED) is 0.384. The summed E-state index contributed by atoms with van der Waals surface area (Å²) in [4.78, 5) is 22.5. The zero-order valence-electron chi connectivity index (χ0n) is 11.2. The number of carbonyl (C=O) groups excluding carboxylic acids is 1. The van der Waals surface area contributed by atoms with Gasteiger partial charge in [-0.2, -0.15) is 0 Å². The Morgan fingerprint density at radius 3 is 2.50 bits per heavy atom. The maximum Gasteiger partial charge on any atom is 0.296 e. The maximum absolute atomic E-state index is 12.2. The van der Waals surface area contributed by atoms with Gasteiger partial charge in [-0.15, -0.1) is 0 Å². The molecular formula is C14H18N2O4. The molecule has 1 aromatic rings. The van der Waals surface area contributed by atoms with Crippen LogP contribution in [-0.2, 0) is 4.79 Å². The number of benzene rings is 1. The van der Waals surface area contributed by atoms with Crippen molar-refractivity contribution < 1.29 is 14.8 Å².